The Kier molecular flexibility index (Phi) is 19.1. The molecule has 9 atom stereocenters. The molecule has 7 amide bonds. The number of amides is 7. The summed E-state index contributed by atoms with van der Waals surface area (Å²) in [6, 6.07) is 26.1. The summed E-state index contributed by atoms with van der Waals surface area (Å²) in [6.07, 6.45) is 4.62. The Bertz CT molecular complexity index is 3130. The van der Waals surface area contributed by atoms with Crippen LogP contribution in [0.2, 0.25) is 0 Å². The number of nitrogens with one attached hydrogen (secondary N) is 6. The maximum absolute atomic E-state index is 15.8. The number of ether oxygens (including phenoxy) is 1. The molecule has 0 saturated carbocycles. The van der Waals surface area contributed by atoms with Crippen molar-refractivity contribution < 1.29 is 38.3 Å². The zero-order valence-corrected chi connectivity index (χ0v) is 49.5. The smallest absolute Gasteiger partial charge is 0.326 e. The fourth-order valence-electron chi connectivity index (χ4n) is 11.6. The number of rotatable bonds is 18. The van der Waals surface area contributed by atoms with Gasteiger partial charge in [0.15, 0.2) is 0 Å². The lowest BCUT2D eigenvalue weighted by Crippen LogP contribution is -2.62. The molecule has 438 valence electrons. The summed E-state index contributed by atoms with van der Waals surface area (Å²) in [5, 5.41) is 19.0. The van der Waals surface area contributed by atoms with Gasteiger partial charge in [0, 0.05) is 44.7 Å². The Hall–Kier alpha value is -7.41. The van der Waals surface area contributed by atoms with E-state index in [9.17, 15) is 24.0 Å². The largest absolute Gasteiger partial charge is 0.382 e. The molecule has 0 radical (unpaired) electrons. The molecule has 3 heterocycles. The van der Waals surface area contributed by atoms with E-state index in [0.29, 0.717) is 5.52 Å². The van der Waals surface area contributed by atoms with Crippen molar-refractivity contribution in [3.8, 4) is 0 Å². The number of nitrogens with zero attached hydrogens (tertiary/aromatic N) is 4. The van der Waals surface area contributed by atoms with Gasteiger partial charge in [-0.2, -0.15) is 0 Å². The van der Waals surface area contributed by atoms with Crippen LogP contribution in [0.15, 0.2) is 109 Å². The predicted molar refractivity (Wildman–Crippen MR) is 316 cm³/mol. The standard InChI is InChI=1S/C64H84N10O8/c1-39(65-9)56(75)69-54(63(3,4)5)60(79)73-36-46-24-16-15-23-44(46)33-52(73)59(78)72(53(38-82-11)43-21-13-12-14-22-43)35-41-28-29-50-45(32-41)30-31-71(50)62(81)67-47-34-51(58(77)68-49-27-19-25-42-20-17-18-26-48(42)49)74(37-47)61(80)55(64(6,7)8)70-57(76)40(2)66-10/h12-18,20-24,26,28-32,39-40,47,49,51-55,65-66H,19,25,27,33-38H2,1-11H3,(H,67,81)(H,68,77)(H,69,75)(H,70,76)/t39-,40-,47-,49+,51-,52-,53+,54+,55+/m0/s1. The number of likely N-dealkylation sites (N-methyl/N-ethyl adjacent to an activating group) is 2. The molecule has 3 aliphatic rings. The van der Waals surface area contributed by atoms with Gasteiger partial charge in [-0.25, -0.2) is 4.79 Å². The van der Waals surface area contributed by atoms with Crippen molar-refractivity contribution in [2.75, 3.05) is 34.4 Å². The molecule has 0 unspecified atom stereocenters. The monoisotopic (exact) mass is 1120 g/mol. The normalized spacial score (nSPS) is 19.8. The van der Waals surface area contributed by atoms with Crippen LogP contribution in [0, 0.1) is 10.8 Å². The van der Waals surface area contributed by atoms with E-state index in [4.69, 9.17) is 4.74 Å². The van der Waals surface area contributed by atoms with E-state index >= 15 is 9.59 Å². The summed E-state index contributed by atoms with van der Waals surface area (Å²) < 4.78 is 7.36. The molecule has 8 rings (SSSR count). The first kappa shape index (κ1) is 60.7. The van der Waals surface area contributed by atoms with Crippen LogP contribution < -0.4 is 31.9 Å². The molecule has 5 aromatic rings. The molecule has 1 aliphatic carbocycles. The van der Waals surface area contributed by atoms with E-state index in [1.54, 1.807) is 51.0 Å². The molecule has 18 nitrogen and oxygen atoms in total. The van der Waals surface area contributed by atoms with Gasteiger partial charge in [-0.3, -0.25) is 33.3 Å². The number of hydrogen-bond acceptors (Lipinski definition) is 10. The molecule has 6 N–H and O–H groups in total. The highest BCUT2D eigenvalue weighted by molar-refractivity contribution is 5.96. The second-order valence-corrected chi connectivity index (χ2v) is 24.6. The van der Waals surface area contributed by atoms with Crippen LogP contribution in [0.4, 0.5) is 4.79 Å². The maximum atomic E-state index is 15.8. The minimum absolute atomic E-state index is 0.0296. The summed E-state index contributed by atoms with van der Waals surface area (Å²) in [5.41, 5.74) is 4.85. The van der Waals surface area contributed by atoms with E-state index in [1.807, 2.05) is 139 Å². The zero-order valence-electron chi connectivity index (χ0n) is 49.5. The van der Waals surface area contributed by atoms with Crippen molar-refractivity contribution in [1.29, 1.82) is 0 Å². The number of hydrogen-bond donors (Lipinski definition) is 6. The Morgan fingerprint density at radius 2 is 1.29 bits per heavy atom. The van der Waals surface area contributed by atoms with Crippen LogP contribution in [0.25, 0.3) is 10.9 Å². The van der Waals surface area contributed by atoms with Gasteiger partial charge >= 0.3 is 6.03 Å². The highest BCUT2D eigenvalue weighted by Crippen LogP contribution is 2.35. The molecule has 0 bridgehead atoms. The van der Waals surface area contributed by atoms with Gasteiger partial charge in [0.25, 0.3) is 0 Å². The Balaban J connectivity index is 1.08. The SMILES string of the molecule is CN[C@@H](C)C(=O)N[C@H](C(=O)N1C[C@@H](NC(=O)n2ccc3cc(CN(C(=O)[C@@H]4Cc5ccccc5CN4C(=O)[C@@H](NC(=O)[C@H](C)NC)C(C)(C)C)[C@H](COC)c4ccccc4)ccc32)C[C@H]1C(=O)N[C@@H]1CCCc2ccccc21)C(C)(C)C. The fraction of sp³-hybridized carbons (Fsp3) is 0.484. The molecule has 1 saturated heterocycles. The van der Waals surface area contributed by atoms with Crippen LogP contribution in [0.1, 0.15) is 120 Å². The number of carbonyl (C=O) groups is 7. The number of carbonyl (C=O) groups excluding carboxylic acids is 7. The molecule has 2 aliphatic heterocycles. The van der Waals surface area contributed by atoms with Gasteiger partial charge in [-0.15, -0.1) is 0 Å². The number of aromatic nitrogens is 1. The number of aryl methyl sites for hydroxylation is 1. The van der Waals surface area contributed by atoms with Gasteiger partial charge in [-0.05, 0) is 116 Å². The quantitative estimate of drug-likeness (QED) is 0.0575. The number of fused-ring (bicyclic) bond motifs is 3. The molecule has 1 fully saturated rings. The molecule has 4 aromatic carbocycles. The Morgan fingerprint density at radius 3 is 1.91 bits per heavy atom. The fourth-order valence-corrected chi connectivity index (χ4v) is 11.6. The number of methoxy groups -OCH3 is 1. The van der Waals surface area contributed by atoms with Crippen molar-refractivity contribution in [1.82, 2.24) is 51.2 Å². The van der Waals surface area contributed by atoms with Gasteiger partial charge in [0.1, 0.15) is 24.2 Å². The molecule has 1 aromatic heterocycles. The lowest BCUT2D eigenvalue weighted by atomic mass is 9.84. The first-order valence-corrected chi connectivity index (χ1v) is 28.8. The number of likely N-dealkylation sites (tertiary alicyclic amines) is 1. The summed E-state index contributed by atoms with van der Waals surface area (Å²) in [4.78, 5) is 106. The van der Waals surface area contributed by atoms with Crippen LogP contribution in [-0.2, 0) is 59.4 Å². The van der Waals surface area contributed by atoms with E-state index in [1.165, 1.54) is 15.0 Å². The highest BCUT2D eigenvalue weighted by atomic mass is 16.5. The van der Waals surface area contributed by atoms with E-state index < -0.39 is 71.1 Å². The van der Waals surface area contributed by atoms with Crippen LogP contribution in [0.3, 0.4) is 0 Å². The zero-order chi connectivity index (χ0) is 59.2. The van der Waals surface area contributed by atoms with Crippen molar-refractivity contribution in [3.63, 3.8) is 0 Å². The minimum atomic E-state index is -0.976. The van der Waals surface area contributed by atoms with Gasteiger partial charge in [0.2, 0.25) is 35.4 Å². The third-order valence-corrected chi connectivity index (χ3v) is 16.7. The lowest BCUT2D eigenvalue weighted by molar-refractivity contribution is -0.153. The lowest BCUT2D eigenvalue weighted by Gasteiger charge is -2.44. The average molecular weight is 1120 g/mol. The average Bonchev–Trinajstić information content (AvgIpc) is 4.22. The van der Waals surface area contributed by atoms with Crippen molar-refractivity contribution in [2.24, 2.45) is 10.8 Å². The molecule has 0 spiro atoms. The first-order valence-electron chi connectivity index (χ1n) is 28.8. The maximum Gasteiger partial charge on any atom is 0.326 e. The van der Waals surface area contributed by atoms with Crippen molar-refractivity contribution >= 4 is 52.4 Å². The van der Waals surface area contributed by atoms with Crippen molar-refractivity contribution in [3.05, 3.63) is 143 Å². The van der Waals surface area contributed by atoms with Crippen molar-refractivity contribution in [2.45, 2.75) is 155 Å². The first-order chi connectivity index (χ1) is 39.0. The highest BCUT2D eigenvalue weighted by Gasteiger charge is 2.47. The third-order valence-electron chi connectivity index (χ3n) is 16.7. The summed E-state index contributed by atoms with van der Waals surface area (Å²) in [7, 11) is 4.95. The Labute approximate surface area is 482 Å². The van der Waals surface area contributed by atoms with Gasteiger partial charge < -0.3 is 51.3 Å². The minimum Gasteiger partial charge on any atom is -0.382 e. The van der Waals surface area contributed by atoms with Crippen LogP contribution in [0.5, 0.6) is 0 Å². The summed E-state index contributed by atoms with van der Waals surface area (Å²) in [6.45, 7) is 15.2. The summed E-state index contributed by atoms with van der Waals surface area (Å²) >= 11 is 0. The Morgan fingerprint density at radius 1 is 0.695 bits per heavy atom. The van der Waals surface area contributed by atoms with Gasteiger partial charge in [-0.1, -0.05) is 126 Å². The third kappa shape index (κ3) is 13.6. The second kappa shape index (κ2) is 25.8. The van der Waals surface area contributed by atoms with Crippen LogP contribution in [-0.4, -0.2) is 137 Å². The van der Waals surface area contributed by atoms with Crippen LogP contribution >= 0.6 is 0 Å². The van der Waals surface area contributed by atoms with E-state index in [-0.39, 0.29) is 74.7 Å². The molecule has 82 heavy (non-hydrogen) atoms. The topological polar surface area (TPSA) is 216 Å². The number of benzene rings is 4. The predicted octanol–water partition coefficient (Wildman–Crippen LogP) is 6.31. The molecule has 18 heteroatoms. The second-order valence-electron chi connectivity index (χ2n) is 24.6. The van der Waals surface area contributed by atoms with E-state index in [0.717, 1.165) is 52.5 Å². The van der Waals surface area contributed by atoms with E-state index in [2.05, 4.69) is 38.0 Å². The molecular weight excluding hydrogens is 1040 g/mol. The molecular formula is C64H84N10O8. The summed E-state index contributed by atoms with van der Waals surface area (Å²) in [5.74, 6) is -2.08. The van der Waals surface area contributed by atoms with Gasteiger partial charge in [0.05, 0.1) is 42.3 Å².